The van der Waals surface area contributed by atoms with Gasteiger partial charge in [0.1, 0.15) is 12.5 Å². The molecule has 4 unspecified atom stereocenters. The third-order valence-electron chi connectivity index (χ3n) is 9.22. The second-order valence-electron chi connectivity index (χ2n) is 18.5. The number of esters is 2. The summed E-state index contributed by atoms with van der Waals surface area (Å²) in [6, 6.07) is 0. The van der Waals surface area contributed by atoms with Gasteiger partial charge in [-0.2, -0.15) is 0 Å². The van der Waals surface area contributed by atoms with Crippen LogP contribution >= 0.6 is 0 Å². The van der Waals surface area contributed by atoms with Crippen molar-refractivity contribution >= 4 is 49.3 Å². The van der Waals surface area contributed by atoms with E-state index in [1.54, 1.807) is 12.2 Å². The van der Waals surface area contributed by atoms with Crippen LogP contribution in [0, 0.1) is 33.5 Å². The molecule has 268 valence electrons. The first kappa shape index (κ1) is 41.4. The Bertz CT molecular complexity index is 1120. The molecule has 2 aliphatic carbocycles. The molecule has 0 spiro atoms. The van der Waals surface area contributed by atoms with Gasteiger partial charge in [-0.05, 0) is 111 Å². The zero-order valence-electron chi connectivity index (χ0n) is 31.3. The fourth-order valence-electron chi connectivity index (χ4n) is 9.18. The van der Waals surface area contributed by atoms with Crippen LogP contribution in [0.2, 0.25) is 39.3 Å². The van der Waals surface area contributed by atoms with Crippen LogP contribution in [0.15, 0.2) is 9.98 Å². The Kier molecular flexibility index (Phi) is 14.0. The summed E-state index contributed by atoms with van der Waals surface area (Å²) in [6.45, 7) is 26.1. The molecule has 10 nitrogen and oxygen atoms in total. The van der Waals surface area contributed by atoms with E-state index in [4.69, 9.17) is 17.7 Å². The lowest BCUT2D eigenvalue weighted by atomic mass is 9.60. The SMILES string of the molecule is CC1(C)CC(CC(=O)OC[Si](C)(C)O[Si](C)(C)O[Si](C)(C)COC(=O)CC2CC(C)(C)CC(C)(CN=C=O)C2)CC(C)(CN=C=O)C1. The normalized spacial score (nSPS) is 27.6. The Hall–Kier alpha value is -1.73. The summed E-state index contributed by atoms with van der Waals surface area (Å²) >= 11 is 0. The summed E-state index contributed by atoms with van der Waals surface area (Å²) in [4.78, 5) is 55.2. The standard InChI is InChI=1S/C34H62N2O8Si3/c1-31(2)15-27(17-33(5,19-31)21-35-23-37)13-29(39)41-25-45(7,8)43-47(11,12)44-46(9,10)26-42-30(40)14-28-16-32(3,4)20-34(6,18-28)22-36-24-38/h27-28H,13-22,25-26H2,1-12H3. The molecule has 0 aromatic carbocycles. The molecule has 0 radical (unpaired) electrons. The van der Waals surface area contributed by atoms with Crippen molar-refractivity contribution < 1.29 is 36.9 Å². The van der Waals surface area contributed by atoms with Crippen LogP contribution in [0.25, 0.3) is 0 Å². The molecule has 2 fully saturated rings. The average molecular weight is 711 g/mol. The molecule has 4 atom stereocenters. The third-order valence-corrected chi connectivity index (χ3v) is 19.3. The maximum Gasteiger partial charge on any atom is 0.311 e. The second kappa shape index (κ2) is 15.9. The van der Waals surface area contributed by atoms with E-state index in [2.05, 4.69) is 51.5 Å². The highest BCUT2D eigenvalue weighted by Gasteiger charge is 2.45. The number of carbonyl (C=O) groups excluding carboxylic acids is 4. The van der Waals surface area contributed by atoms with Gasteiger partial charge in [0.15, 0.2) is 0 Å². The van der Waals surface area contributed by atoms with E-state index >= 15 is 0 Å². The maximum absolute atomic E-state index is 13.0. The predicted molar refractivity (Wildman–Crippen MR) is 190 cm³/mol. The van der Waals surface area contributed by atoms with Gasteiger partial charge in [0, 0.05) is 12.8 Å². The quantitative estimate of drug-likeness (QED) is 0.0701. The molecular formula is C34H62N2O8Si3. The molecule has 0 amide bonds. The predicted octanol–water partition coefficient (Wildman–Crippen LogP) is 7.41. The minimum Gasteiger partial charge on any atom is -0.466 e. The Balaban J connectivity index is 1.87. The lowest BCUT2D eigenvalue weighted by Crippen LogP contribution is -2.55. The van der Waals surface area contributed by atoms with Crippen LogP contribution in [0.4, 0.5) is 0 Å². The summed E-state index contributed by atoms with van der Waals surface area (Å²) in [5, 5.41) is 0. The summed E-state index contributed by atoms with van der Waals surface area (Å²) in [5.74, 6) is -0.118. The molecule has 13 heteroatoms. The number of carbonyl (C=O) groups is 2. The van der Waals surface area contributed by atoms with Gasteiger partial charge in [0.05, 0.1) is 13.1 Å². The van der Waals surface area contributed by atoms with Gasteiger partial charge in [-0.1, -0.05) is 41.5 Å². The molecule has 0 heterocycles. The first-order valence-electron chi connectivity index (χ1n) is 17.1. The summed E-state index contributed by atoms with van der Waals surface area (Å²) in [5.41, 5.74) is -0.180. The number of rotatable bonds is 16. The van der Waals surface area contributed by atoms with Gasteiger partial charge in [0.25, 0.3) is 0 Å². The number of hydrogen-bond acceptors (Lipinski definition) is 10. The first-order valence-corrected chi connectivity index (χ1v) is 26.1. The molecule has 0 aliphatic heterocycles. The largest absolute Gasteiger partial charge is 0.466 e. The van der Waals surface area contributed by atoms with Crippen LogP contribution in [-0.4, -0.2) is 74.8 Å². The molecule has 0 N–H and O–H groups in total. The van der Waals surface area contributed by atoms with Gasteiger partial charge in [0.2, 0.25) is 28.8 Å². The number of ether oxygens (including phenoxy) is 2. The zero-order chi connectivity index (χ0) is 36.0. The van der Waals surface area contributed by atoms with Crippen LogP contribution in [-0.2, 0) is 36.9 Å². The average Bonchev–Trinajstić information content (AvgIpc) is 2.85. The molecule has 2 saturated carbocycles. The highest BCUT2D eigenvalue weighted by Crippen LogP contribution is 2.51. The zero-order valence-corrected chi connectivity index (χ0v) is 34.3. The number of isocyanates is 2. The second-order valence-corrected chi connectivity index (χ2v) is 30.6. The van der Waals surface area contributed by atoms with Crippen molar-refractivity contribution in [3.63, 3.8) is 0 Å². The van der Waals surface area contributed by atoms with E-state index in [0.717, 1.165) is 38.5 Å². The van der Waals surface area contributed by atoms with E-state index in [1.807, 2.05) is 39.3 Å². The summed E-state index contributed by atoms with van der Waals surface area (Å²) < 4.78 is 24.8. The van der Waals surface area contributed by atoms with Crippen molar-refractivity contribution in [2.75, 3.05) is 25.5 Å². The lowest BCUT2D eigenvalue weighted by Gasteiger charge is -2.45. The molecule has 0 bridgehead atoms. The maximum atomic E-state index is 13.0. The molecule has 47 heavy (non-hydrogen) atoms. The van der Waals surface area contributed by atoms with Crippen molar-refractivity contribution in [2.24, 2.45) is 43.5 Å². The van der Waals surface area contributed by atoms with Crippen molar-refractivity contribution in [1.82, 2.24) is 0 Å². The fraction of sp³-hybridized carbons (Fsp3) is 0.882. The Morgan fingerprint density at radius 3 is 1.30 bits per heavy atom. The van der Waals surface area contributed by atoms with E-state index < -0.39 is 25.2 Å². The van der Waals surface area contributed by atoms with Gasteiger partial charge in [-0.15, -0.1) is 0 Å². The number of nitrogens with zero attached hydrogens (tertiary/aromatic N) is 2. The Labute approximate surface area is 286 Å². The van der Waals surface area contributed by atoms with Crippen molar-refractivity contribution in [2.45, 2.75) is 132 Å². The Morgan fingerprint density at radius 1 is 0.638 bits per heavy atom. The summed E-state index contributed by atoms with van der Waals surface area (Å²) in [7, 11) is -7.52. The van der Waals surface area contributed by atoms with E-state index in [1.165, 1.54) is 0 Å². The van der Waals surface area contributed by atoms with Gasteiger partial charge >= 0.3 is 20.5 Å². The molecule has 0 saturated heterocycles. The van der Waals surface area contributed by atoms with Crippen molar-refractivity contribution in [3.05, 3.63) is 0 Å². The molecule has 0 aromatic rings. The third kappa shape index (κ3) is 15.1. The van der Waals surface area contributed by atoms with Crippen LogP contribution in [0.5, 0.6) is 0 Å². The summed E-state index contributed by atoms with van der Waals surface area (Å²) in [6.07, 6.45) is 9.85. The van der Waals surface area contributed by atoms with Crippen LogP contribution < -0.4 is 0 Å². The number of hydrogen-bond donors (Lipinski definition) is 0. The lowest BCUT2D eigenvalue weighted by molar-refractivity contribution is -0.145. The highest BCUT2D eigenvalue weighted by atomic mass is 28.5. The number of aliphatic imine (C=N–C) groups is 2. The fourth-order valence-corrected chi connectivity index (χ4v) is 21.9. The van der Waals surface area contributed by atoms with E-state index in [9.17, 15) is 19.2 Å². The smallest absolute Gasteiger partial charge is 0.311 e. The minimum absolute atomic E-state index is 0.0485. The first-order chi connectivity index (χ1) is 21.3. The monoisotopic (exact) mass is 710 g/mol. The van der Waals surface area contributed by atoms with Gasteiger partial charge in [-0.25, -0.2) is 19.6 Å². The van der Waals surface area contributed by atoms with Crippen molar-refractivity contribution in [3.8, 4) is 0 Å². The molecule has 2 rings (SSSR count). The van der Waals surface area contributed by atoms with Crippen LogP contribution in [0.1, 0.15) is 92.9 Å². The molecule has 2 aliphatic rings. The van der Waals surface area contributed by atoms with Gasteiger partial charge in [-0.3, -0.25) is 9.59 Å². The topological polar surface area (TPSA) is 130 Å². The van der Waals surface area contributed by atoms with E-state index in [-0.39, 0.29) is 57.9 Å². The van der Waals surface area contributed by atoms with Gasteiger partial charge < -0.3 is 17.7 Å². The molecular weight excluding hydrogens is 649 g/mol. The highest BCUT2D eigenvalue weighted by molar-refractivity contribution is 6.87. The van der Waals surface area contributed by atoms with E-state index in [0.29, 0.717) is 25.9 Å². The molecule has 0 aromatic heterocycles. The van der Waals surface area contributed by atoms with Crippen LogP contribution in [0.3, 0.4) is 0 Å². The Morgan fingerprint density at radius 2 is 0.979 bits per heavy atom. The van der Waals surface area contributed by atoms with Crippen molar-refractivity contribution in [1.29, 1.82) is 0 Å². The minimum atomic E-state index is -2.65.